The summed E-state index contributed by atoms with van der Waals surface area (Å²) in [6, 6.07) is 0.484. The average Bonchev–Trinajstić information content (AvgIpc) is 2.90. The van der Waals surface area contributed by atoms with Crippen LogP contribution < -0.4 is 5.32 Å². The Labute approximate surface area is 111 Å². The molecule has 3 heterocycles. The molecule has 18 heavy (non-hydrogen) atoms. The van der Waals surface area contributed by atoms with Crippen LogP contribution in [-0.4, -0.2) is 46.1 Å². The Morgan fingerprint density at radius 2 is 2.33 bits per heavy atom. The van der Waals surface area contributed by atoms with Crippen LogP contribution in [0.15, 0.2) is 0 Å². The van der Waals surface area contributed by atoms with Crippen LogP contribution in [0, 0.1) is 12.8 Å². The number of hydrogen-bond donors (Lipinski definition) is 1. The van der Waals surface area contributed by atoms with Gasteiger partial charge in [-0.05, 0) is 43.8 Å². The molecule has 0 spiro atoms. The molecule has 98 valence electrons. The lowest BCUT2D eigenvalue weighted by Gasteiger charge is -2.16. The van der Waals surface area contributed by atoms with E-state index in [1.807, 2.05) is 11.8 Å². The fourth-order valence-corrected chi connectivity index (χ4v) is 3.58. The number of fused-ring (bicyclic) bond motifs is 1. The molecule has 2 saturated heterocycles. The maximum atomic E-state index is 12.4. The molecule has 2 aliphatic heterocycles. The molecule has 0 aliphatic carbocycles. The summed E-state index contributed by atoms with van der Waals surface area (Å²) < 4.78 is 3.85. The maximum Gasteiger partial charge on any atom is 0.267 e. The lowest BCUT2D eigenvalue weighted by Crippen LogP contribution is -2.36. The van der Waals surface area contributed by atoms with Gasteiger partial charge in [-0.25, -0.2) is 0 Å². The van der Waals surface area contributed by atoms with E-state index in [9.17, 15) is 4.79 Å². The number of aromatic nitrogens is 2. The quantitative estimate of drug-likeness (QED) is 0.826. The summed E-state index contributed by atoms with van der Waals surface area (Å²) in [5, 5.41) is 7.49. The second-order valence-corrected chi connectivity index (χ2v) is 5.97. The molecule has 1 N–H and O–H groups in total. The van der Waals surface area contributed by atoms with E-state index in [1.165, 1.54) is 30.8 Å². The van der Waals surface area contributed by atoms with Gasteiger partial charge in [-0.2, -0.15) is 0 Å². The van der Waals surface area contributed by atoms with Crippen molar-refractivity contribution >= 4 is 17.4 Å². The fourth-order valence-electron chi connectivity index (χ4n) is 2.95. The zero-order chi connectivity index (χ0) is 12.5. The zero-order valence-electron chi connectivity index (χ0n) is 10.6. The molecule has 0 saturated carbocycles. The van der Waals surface area contributed by atoms with Crippen molar-refractivity contribution in [2.24, 2.45) is 5.92 Å². The van der Waals surface area contributed by atoms with Gasteiger partial charge in [-0.15, -0.1) is 5.10 Å². The molecule has 1 aromatic heterocycles. The third-order valence-electron chi connectivity index (χ3n) is 3.98. The highest BCUT2D eigenvalue weighted by Crippen LogP contribution is 2.26. The molecule has 2 fully saturated rings. The van der Waals surface area contributed by atoms with Crippen molar-refractivity contribution in [1.82, 2.24) is 19.8 Å². The van der Waals surface area contributed by atoms with Gasteiger partial charge in [0.2, 0.25) is 0 Å². The number of hydrogen-bond acceptors (Lipinski definition) is 5. The molecule has 3 rings (SSSR count). The Bertz CT molecular complexity index is 433. The minimum absolute atomic E-state index is 0.109. The first kappa shape index (κ1) is 12.0. The van der Waals surface area contributed by atoms with Crippen molar-refractivity contribution in [2.75, 3.05) is 19.6 Å². The molecule has 6 heteroatoms. The molecule has 0 radical (unpaired) electrons. The van der Waals surface area contributed by atoms with Crippen LogP contribution in [0.4, 0.5) is 0 Å². The number of nitrogens with zero attached hydrogens (tertiary/aromatic N) is 3. The van der Waals surface area contributed by atoms with Crippen molar-refractivity contribution in [1.29, 1.82) is 0 Å². The van der Waals surface area contributed by atoms with E-state index in [0.717, 1.165) is 25.3 Å². The summed E-state index contributed by atoms with van der Waals surface area (Å²) in [7, 11) is 0. The second-order valence-electron chi connectivity index (χ2n) is 5.21. The normalized spacial score (nSPS) is 27.9. The van der Waals surface area contributed by atoms with Crippen molar-refractivity contribution in [3.63, 3.8) is 0 Å². The highest BCUT2D eigenvalue weighted by Gasteiger charge is 2.36. The Kier molecular flexibility index (Phi) is 3.30. The summed E-state index contributed by atoms with van der Waals surface area (Å²) >= 11 is 1.21. The van der Waals surface area contributed by atoms with Gasteiger partial charge < -0.3 is 10.2 Å². The van der Waals surface area contributed by atoms with Crippen molar-refractivity contribution in [3.8, 4) is 0 Å². The van der Waals surface area contributed by atoms with Crippen LogP contribution in [0.1, 0.15) is 34.6 Å². The zero-order valence-corrected chi connectivity index (χ0v) is 11.4. The van der Waals surface area contributed by atoms with E-state index < -0.39 is 0 Å². The predicted octanol–water partition coefficient (Wildman–Crippen LogP) is 1.06. The third-order valence-corrected chi connectivity index (χ3v) is 4.80. The van der Waals surface area contributed by atoms with Gasteiger partial charge in [0.25, 0.3) is 5.91 Å². The number of nitrogens with one attached hydrogen (secondary N) is 1. The van der Waals surface area contributed by atoms with Gasteiger partial charge >= 0.3 is 0 Å². The molecular weight excluding hydrogens is 248 g/mol. The number of rotatable bonds is 1. The third kappa shape index (κ3) is 2.14. The highest BCUT2D eigenvalue weighted by atomic mass is 32.1. The van der Waals surface area contributed by atoms with Crippen LogP contribution in [0.3, 0.4) is 0 Å². The highest BCUT2D eigenvalue weighted by molar-refractivity contribution is 7.07. The van der Waals surface area contributed by atoms with Crippen LogP contribution in [0.25, 0.3) is 0 Å². The summed E-state index contributed by atoms with van der Waals surface area (Å²) in [6.07, 6.45) is 3.78. The smallest absolute Gasteiger partial charge is 0.267 e. The summed E-state index contributed by atoms with van der Waals surface area (Å²) in [6.45, 7) is 4.65. The first-order chi connectivity index (χ1) is 8.75. The van der Waals surface area contributed by atoms with Crippen LogP contribution in [-0.2, 0) is 0 Å². The van der Waals surface area contributed by atoms with E-state index in [2.05, 4.69) is 14.9 Å². The van der Waals surface area contributed by atoms with Gasteiger partial charge in [0.15, 0.2) is 0 Å². The molecule has 5 nitrogen and oxygen atoms in total. The van der Waals surface area contributed by atoms with E-state index in [1.54, 1.807) is 0 Å². The van der Waals surface area contributed by atoms with E-state index in [-0.39, 0.29) is 5.91 Å². The van der Waals surface area contributed by atoms with Crippen molar-refractivity contribution in [3.05, 3.63) is 10.6 Å². The first-order valence-electron chi connectivity index (χ1n) is 6.57. The number of aryl methyl sites for hydroxylation is 1. The van der Waals surface area contributed by atoms with E-state index in [4.69, 9.17) is 0 Å². The van der Waals surface area contributed by atoms with Gasteiger partial charge in [0.05, 0.1) is 5.69 Å². The maximum absolute atomic E-state index is 12.4. The summed E-state index contributed by atoms with van der Waals surface area (Å²) in [5.74, 6) is 0.731. The molecule has 2 atom stereocenters. The van der Waals surface area contributed by atoms with Gasteiger partial charge in [0, 0.05) is 19.1 Å². The molecule has 0 aromatic carbocycles. The summed E-state index contributed by atoms with van der Waals surface area (Å²) in [4.78, 5) is 15.1. The molecule has 0 unspecified atom stereocenters. The molecular formula is C12H18N4OS. The second kappa shape index (κ2) is 4.93. The largest absolute Gasteiger partial charge is 0.336 e. The van der Waals surface area contributed by atoms with Crippen molar-refractivity contribution in [2.45, 2.75) is 32.2 Å². The van der Waals surface area contributed by atoms with Gasteiger partial charge in [-0.1, -0.05) is 10.9 Å². The average molecular weight is 266 g/mol. The monoisotopic (exact) mass is 266 g/mol. The SMILES string of the molecule is Cc1nnsc1C(=O)N1C[C@@H]2CCCCN[C@@H]2C1. The Morgan fingerprint density at radius 1 is 1.44 bits per heavy atom. The molecule has 0 bridgehead atoms. The Balaban J connectivity index is 1.72. The number of amides is 1. The van der Waals surface area contributed by atoms with E-state index >= 15 is 0 Å². The number of carbonyl (C=O) groups excluding carboxylic acids is 1. The Hall–Kier alpha value is -1.01. The van der Waals surface area contributed by atoms with Gasteiger partial charge in [-0.3, -0.25) is 4.79 Å². The number of likely N-dealkylation sites (tertiary alicyclic amines) is 1. The summed E-state index contributed by atoms with van der Waals surface area (Å²) in [5.41, 5.74) is 0.755. The number of carbonyl (C=O) groups is 1. The minimum Gasteiger partial charge on any atom is -0.336 e. The van der Waals surface area contributed by atoms with Crippen molar-refractivity contribution < 1.29 is 4.79 Å². The topological polar surface area (TPSA) is 58.1 Å². The fraction of sp³-hybridized carbons (Fsp3) is 0.750. The molecule has 1 aromatic rings. The predicted molar refractivity (Wildman–Crippen MR) is 69.7 cm³/mol. The van der Waals surface area contributed by atoms with E-state index in [0.29, 0.717) is 16.8 Å². The lowest BCUT2D eigenvalue weighted by molar-refractivity contribution is 0.0788. The lowest BCUT2D eigenvalue weighted by atomic mass is 9.99. The first-order valence-corrected chi connectivity index (χ1v) is 7.34. The molecule has 2 aliphatic rings. The minimum atomic E-state index is 0.109. The van der Waals surface area contributed by atoms with Crippen LogP contribution >= 0.6 is 11.5 Å². The Morgan fingerprint density at radius 3 is 3.11 bits per heavy atom. The molecule has 1 amide bonds. The standard InChI is InChI=1S/C12H18N4OS/c1-8-11(18-15-14-8)12(17)16-6-9-4-2-3-5-13-10(9)7-16/h9-10,13H,2-7H2,1H3/t9-,10+/m0/s1. The van der Waals surface area contributed by atoms with Crippen LogP contribution in [0.5, 0.6) is 0 Å². The van der Waals surface area contributed by atoms with Gasteiger partial charge in [0.1, 0.15) is 4.88 Å². The van der Waals surface area contributed by atoms with Crippen LogP contribution in [0.2, 0.25) is 0 Å².